The van der Waals surface area contributed by atoms with Crippen molar-refractivity contribution < 1.29 is 12.8 Å². The SMILES string of the molecule is Cc1nnc2c(N3CCN(S(=O)(=O)Cc4ccccc4F)CC3)nccn12. The Morgan fingerprint density at radius 3 is 2.59 bits per heavy atom. The zero-order valence-electron chi connectivity index (χ0n) is 14.8. The number of nitrogens with zero attached hydrogens (tertiary/aromatic N) is 6. The summed E-state index contributed by atoms with van der Waals surface area (Å²) in [5.41, 5.74) is 0.836. The van der Waals surface area contributed by atoms with Crippen LogP contribution >= 0.6 is 0 Å². The van der Waals surface area contributed by atoms with Gasteiger partial charge in [-0.15, -0.1) is 10.2 Å². The summed E-state index contributed by atoms with van der Waals surface area (Å²) in [6.07, 6.45) is 3.48. The van der Waals surface area contributed by atoms with E-state index in [1.165, 1.54) is 16.4 Å². The van der Waals surface area contributed by atoms with Gasteiger partial charge in [0.2, 0.25) is 15.7 Å². The minimum atomic E-state index is -3.59. The summed E-state index contributed by atoms with van der Waals surface area (Å²) in [6.45, 7) is 3.44. The minimum Gasteiger partial charge on any atom is -0.351 e. The van der Waals surface area contributed by atoms with Gasteiger partial charge in [0.15, 0.2) is 5.82 Å². The van der Waals surface area contributed by atoms with Gasteiger partial charge >= 0.3 is 0 Å². The van der Waals surface area contributed by atoms with Gasteiger partial charge in [0.25, 0.3) is 0 Å². The third-order valence-electron chi connectivity index (χ3n) is 4.71. The quantitative estimate of drug-likeness (QED) is 0.666. The number of hydrogen-bond acceptors (Lipinski definition) is 6. The van der Waals surface area contributed by atoms with Gasteiger partial charge < -0.3 is 4.90 Å². The molecule has 1 aromatic carbocycles. The summed E-state index contributed by atoms with van der Waals surface area (Å²) >= 11 is 0. The number of benzene rings is 1. The first-order valence-corrected chi connectivity index (χ1v) is 10.2. The van der Waals surface area contributed by atoms with Crippen molar-refractivity contribution in [2.75, 3.05) is 31.1 Å². The number of hydrogen-bond donors (Lipinski definition) is 0. The molecule has 1 aliphatic rings. The van der Waals surface area contributed by atoms with Crippen LogP contribution in [0, 0.1) is 12.7 Å². The van der Waals surface area contributed by atoms with E-state index in [0.29, 0.717) is 37.6 Å². The maximum Gasteiger partial charge on any atom is 0.218 e. The predicted octanol–water partition coefficient (Wildman–Crippen LogP) is 1.22. The largest absolute Gasteiger partial charge is 0.351 e. The third-order valence-corrected chi connectivity index (χ3v) is 6.53. The van der Waals surface area contributed by atoms with Crippen LogP contribution in [0.1, 0.15) is 11.4 Å². The molecule has 1 fully saturated rings. The van der Waals surface area contributed by atoms with Gasteiger partial charge in [-0.1, -0.05) is 18.2 Å². The Bertz CT molecular complexity index is 1080. The maximum absolute atomic E-state index is 13.8. The number of sulfonamides is 1. The highest BCUT2D eigenvalue weighted by Gasteiger charge is 2.29. The number of rotatable bonds is 4. The Balaban J connectivity index is 1.49. The predicted molar refractivity (Wildman–Crippen MR) is 98.3 cm³/mol. The van der Waals surface area contributed by atoms with Crippen LogP contribution < -0.4 is 4.90 Å². The highest BCUT2D eigenvalue weighted by atomic mass is 32.2. The number of piperazine rings is 1. The molecule has 10 heteroatoms. The second-order valence-corrected chi connectivity index (χ2v) is 8.39. The number of aromatic nitrogens is 4. The standard InChI is InChI=1S/C17H19FN6O2S/c1-13-20-21-17-16(19-6-7-24(13)17)22-8-10-23(11-9-22)27(25,26)12-14-4-2-3-5-15(14)18/h2-7H,8-12H2,1H3. The second-order valence-electron chi connectivity index (χ2n) is 6.43. The maximum atomic E-state index is 13.8. The summed E-state index contributed by atoms with van der Waals surface area (Å²) < 4.78 is 42.4. The van der Waals surface area contributed by atoms with Crippen LogP contribution in [0.2, 0.25) is 0 Å². The van der Waals surface area contributed by atoms with Crippen LogP contribution in [-0.4, -0.2) is 58.5 Å². The summed E-state index contributed by atoms with van der Waals surface area (Å²) in [6, 6.07) is 5.96. The molecule has 1 aliphatic heterocycles. The van der Waals surface area contributed by atoms with E-state index >= 15 is 0 Å². The zero-order valence-corrected chi connectivity index (χ0v) is 15.6. The molecular formula is C17H19FN6O2S. The lowest BCUT2D eigenvalue weighted by molar-refractivity contribution is 0.383. The van der Waals surface area contributed by atoms with Crippen molar-refractivity contribution in [2.45, 2.75) is 12.7 Å². The Labute approximate surface area is 156 Å². The number of anilines is 1. The lowest BCUT2D eigenvalue weighted by Gasteiger charge is -2.34. The van der Waals surface area contributed by atoms with E-state index in [2.05, 4.69) is 15.2 Å². The molecule has 2 aromatic heterocycles. The molecule has 0 aliphatic carbocycles. The molecule has 27 heavy (non-hydrogen) atoms. The fraction of sp³-hybridized carbons (Fsp3) is 0.353. The summed E-state index contributed by atoms with van der Waals surface area (Å²) in [5, 5.41) is 8.23. The zero-order chi connectivity index (χ0) is 19.0. The number of aryl methyl sites for hydroxylation is 1. The van der Waals surface area contributed by atoms with Gasteiger partial charge in [-0.2, -0.15) is 4.31 Å². The van der Waals surface area contributed by atoms with Crippen LogP contribution in [0.15, 0.2) is 36.7 Å². The Morgan fingerprint density at radius 1 is 1.11 bits per heavy atom. The first-order chi connectivity index (χ1) is 13.0. The molecular weight excluding hydrogens is 371 g/mol. The highest BCUT2D eigenvalue weighted by molar-refractivity contribution is 7.88. The van der Waals surface area contributed by atoms with Crippen LogP contribution in [0.25, 0.3) is 5.65 Å². The van der Waals surface area contributed by atoms with E-state index in [0.717, 1.165) is 5.82 Å². The average Bonchev–Trinajstić information content (AvgIpc) is 3.05. The van der Waals surface area contributed by atoms with E-state index in [1.54, 1.807) is 24.5 Å². The van der Waals surface area contributed by atoms with E-state index in [-0.39, 0.29) is 11.3 Å². The third kappa shape index (κ3) is 3.37. The normalized spacial score (nSPS) is 16.1. The smallest absolute Gasteiger partial charge is 0.218 e. The monoisotopic (exact) mass is 390 g/mol. The summed E-state index contributed by atoms with van der Waals surface area (Å²) in [7, 11) is -3.59. The van der Waals surface area contributed by atoms with Crippen molar-refractivity contribution in [3.8, 4) is 0 Å². The van der Waals surface area contributed by atoms with Crippen molar-refractivity contribution in [1.29, 1.82) is 0 Å². The van der Waals surface area contributed by atoms with Gasteiger partial charge in [-0.05, 0) is 13.0 Å². The summed E-state index contributed by atoms with van der Waals surface area (Å²) in [4.78, 5) is 6.39. The van der Waals surface area contributed by atoms with E-state index in [1.807, 2.05) is 16.2 Å². The van der Waals surface area contributed by atoms with Crippen LogP contribution in [-0.2, 0) is 15.8 Å². The molecule has 1 saturated heterocycles. The molecule has 0 unspecified atom stereocenters. The molecule has 3 heterocycles. The van der Waals surface area contributed by atoms with E-state index in [9.17, 15) is 12.8 Å². The lowest BCUT2D eigenvalue weighted by atomic mass is 10.2. The average molecular weight is 390 g/mol. The Hall–Kier alpha value is -2.59. The van der Waals surface area contributed by atoms with Gasteiger partial charge in [0.1, 0.15) is 11.6 Å². The topological polar surface area (TPSA) is 83.7 Å². The fourth-order valence-electron chi connectivity index (χ4n) is 3.23. The first-order valence-electron chi connectivity index (χ1n) is 8.58. The van der Waals surface area contributed by atoms with E-state index in [4.69, 9.17) is 0 Å². The Morgan fingerprint density at radius 2 is 1.85 bits per heavy atom. The molecule has 8 nitrogen and oxygen atoms in total. The molecule has 0 atom stereocenters. The van der Waals surface area contributed by atoms with Gasteiger partial charge in [0, 0.05) is 44.1 Å². The van der Waals surface area contributed by atoms with Crippen LogP contribution in [0.5, 0.6) is 0 Å². The molecule has 0 spiro atoms. The lowest BCUT2D eigenvalue weighted by Crippen LogP contribution is -2.49. The minimum absolute atomic E-state index is 0.185. The molecule has 0 bridgehead atoms. The summed E-state index contributed by atoms with van der Waals surface area (Å²) in [5.74, 6) is 0.610. The highest BCUT2D eigenvalue weighted by Crippen LogP contribution is 2.21. The van der Waals surface area contributed by atoms with Crippen LogP contribution in [0.4, 0.5) is 10.2 Å². The molecule has 142 valence electrons. The second kappa shape index (κ2) is 6.86. The van der Waals surface area contributed by atoms with Crippen molar-refractivity contribution in [1.82, 2.24) is 23.9 Å². The van der Waals surface area contributed by atoms with Crippen molar-refractivity contribution in [3.05, 3.63) is 53.9 Å². The van der Waals surface area contributed by atoms with Crippen molar-refractivity contribution in [2.24, 2.45) is 0 Å². The molecule has 4 rings (SSSR count). The van der Waals surface area contributed by atoms with Crippen molar-refractivity contribution >= 4 is 21.5 Å². The molecule has 0 amide bonds. The van der Waals surface area contributed by atoms with Gasteiger partial charge in [0.05, 0.1) is 5.75 Å². The molecule has 0 radical (unpaired) electrons. The number of halogens is 1. The number of fused-ring (bicyclic) bond motifs is 1. The van der Waals surface area contributed by atoms with Crippen LogP contribution in [0.3, 0.4) is 0 Å². The van der Waals surface area contributed by atoms with Gasteiger partial charge in [-0.3, -0.25) is 4.40 Å². The molecule has 0 N–H and O–H groups in total. The Kier molecular flexibility index (Phi) is 4.52. The van der Waals surface area contributed by atoms with Gasteiger partial charge in [-0.25, -0.2) is 17.8 Å². The van der Waals surface area contributed by atoms with Crippen molar-refractivity contribution in [3.63, 3.8) is 0 Å². The molecule has 0 saturated carbocycles. The molecule has 3 aromatic rings. The van der Waals surface area contributed by atoms with E-state index < -0.39 is 15.8 Å². The first kappa shape index (κ1) is 17.8. The fourth-order valence-corrected chi connectivity index (χ4v) is 4.76.